The van der Waals surface area contributed by atoms with Gasteiger partial charge in [-0.05, 0) is 39.5 Å². The zero-order valence-corrected chi connectivity index (χ0v) is 12.6. The first kappa shape index (κ1) is 15.0. The highest BCUT2D eigenvalue weighted by molar-refractivity contribution is 5.80. The molecule has 0 spiro atoms. The second-order valence-corrected chi connectivity index (χ2v) is 5.87. The molecule has 1 fully saturated rings. The van der Waals surface area contributed by atoms with Crippen molar-refractivity contribution in [2.45, 2.75) is 25.4 Å². The number of likely N-dealkylation sites (N-methyl/N-ethyl adjacent to an activating group) is 1. The largest absolute Gasteiger partial charge is 0.348 e. The molecular formula is C16H25N3O. The van der Waals surface area contributed by atoms with Crippen LogP contribution in [0.5, 0.6) is 0 Å². The van der Waals surface area contributed by atoms with E-state index in [2.05, 4.69) is 34.6 Å². The Morgan fingerprint density at radius 3 is 2.65 bits per heavy atom. The van der Waals surface area contributed by atoms with Crippen LogP contribution >= 0.6 is 0 Å². The fraction of sp³-hybridized carbons (Fsp3) is 0.562. The summed E-state index contributed by atoms with van der Waals surface area (Å²) in [6, 6.07) is 10.5. The predicted molar refractivity (Wildman–Crippen MR) is 81.5 cm³/mol. The zero-order valence-electron chi connectivity index (χ0n) is 12.6. The fourth-order valence-electron chi connectivity index (χ4n) is 2.78. The average molecular weight is 275 g/mol. The summed E-state index contributed by atoms with van der Waals surface area (Å²) in [6.45, 7) is 3.83. The van der Waals surface area contributed by atoms with Gasteiger partial charge in [-0.25, -0.2) is 0 Å². The van der Waals surface area contributed by atoms with Crippen LogP contribution in [0.25, 0.3) is 0 Å². The van der Waals surface area contributed by atoms with Gasteiger partial charge in [0.25, 0.3) is 0 Å². The minimum Gasteiger partial charge on any atom is -0.348 e. The van der Waals surface area contributed by atoms with Crippen molar-refractivity contribution < 1.29 is 4.79 Å². The van der Waals surface area contributed by atoms with Crippen LogP contribution in [0.15, 0.2) is 30.3 Å². The van der Waals surface area contributed by atoms with Crippen LogP contribution in [-0.2, 0) is 4.79 Å². The summed E-state index contributed by atoms with van der Waals surface area (Å²) in [5.74, 6) is 0.251. The fourth-order valence-corrected chi connectivity index (χ4v) is 2.78. The Labute approximate surface area is 121 Å². The molecule has 4 nitrogen and oxygen atoms in total. The third kappa shape index (κ3) is 3.81. The summed E-state index contributed by atoms with van der Waals surface area (Å²) in [6.07, 6.45) is 0.927. The maximum Gasteiger partial charge on any atom is 0.225 e. The molecule has 0 saturated carbocycles. The smallest absolute Gasteiger partial charge is 0.225 e. The molecule has 0 aliphatic carbocycles. The van der Waals surface area contributed by atoms with E-state index in [1.165, 1.54) is 0 Å². The Hall–Kier alpha value is -1.39. The molecule has 1 aromatic rings. The van der Waals surface area contributed by atoms with Gasteiger partial charge in [0, 0.05) is 12.6 Å². The monoisotopic (exact) mass is 275 g/mol. The predicted octanol–water partition coefficient (Wildman–Crippen LogP) is 1.40. The molecule has 0 bridgehead atoms. The van der Waals surface area contributed by atoms with Crippen LogP contribution in [0, 0.1) is 5.92 Å². The van der Waals surface area contributed by atoms with Crippen molar-refractivity contribution >= 4 is 5.91 Å². The molecule has 20 heavy (non-hydrogen) atoms. The van der Waals surface area contributed by atoms with Gasteiger partial charge in [-0.15, -0.1) is 0 Å². The van der Waals surface area contributed by atoms with E-state index in [0.29, 0.717) is 0 Å². The van der Waals surface area contributed by atoms with Crippen LogP contribution in [0.4, 0.5) is 0 Å². The summed E-state index contributed by atoms with van der Waals surface area (Å²) in [5.41, 5.74) is 1.16. The van der Waals surface area contributed by atoms with Crippen LogP contribution in [0.1, 0.15) is 24.9 Å². The van der Waals surface area contributed by atoms with Crippen LogP contribution < -0.4 is 10.6 Å². The standard InChI is InChI=1S/C16H25N3O/c1-12-14(9-10-17-12)16(20)18-15(11-19(2)3)13-7-5-4-6-8-13/h4-8,12,14-15,17H,9-11H2,1-3H3,(H,18,20). The number of benzene rings is 1. The molecule has 1 saturated heterocycles. The lowest BCUT2D eigenvalue weighted by Crippen LogP contribution is -2.41. The topological polar surface area (TPSA) is 44.4 Å². The molecule has 1 heterocycles. The van der Waals surface area contributed by atoms with Crippen LogP contribution in [-0.4, -0.2) is 44.0 Å². The molecule has 1 aliphatic heterocycles. The van der Waals surface area contributed by atoms with E-state index in [4.69, 9.17) is 0 Å². The molecule has 3 atom stereocenters. The van der Waals surface area contributed by atoms with Gasteiger partial charge >= 0.3 is 0 Å². The number of hydrogen-bond acceptors (Lipinski definition) is 3. The Morgan fingerprint density at radius 2 is 2.10 bits per heavy atom. The third-order valence-corrected chi connectivity index (χ3v) is 3.93. The Balaban J connectivity index is 2.06. The second kappa shape index (κ2) is 6.86. The number of carbonyl (C=O) groups excluding carboxylic acids is 1. The van der Waals surface area contributed by atoms with Gasteiger partial charge in [0.2, 0.25) is 5.91 Å². The van der Waals surface area contributed by atoms with Gasteiger partial charge in [-0.1, -0.05) is 30.3 Å². The van der Waals surface area contributed by atoms with Gasteiger partial charge in [0.15, 0.2) is 0 Å². The minimum atomic E-state index is 0.0477. The van der Waals surface area contributed by atoms with E-state index in [1.807, 2.05) is 32.3 Å². The van der Waals surface area contributed by atoms with E-state index >= 15 is 0 Å². The van der Waals surface area contributed by atoms with Gasteiger partial charge in [-0.3, -0.25) is 4.79 Å². The van der Waals surface area contributed by atoms with E-state index in [0.717, 1.165) is 25.1 Å². The SMILES string of the molecule is CC1NCCC1C(=O)NC(CN(C)C)c1ccccc1. The number of amides is 1. The number of nitrogens with zero attached hydrogens (tertiary/aromatic N) is 1. The molecule has 0 radical (unpaired) electrons. The molecule has 3 unspecified atom stereocenters. The van der Waals surface area contributed by atoms with E-state index in [9.17, 15) is 4.79 Å². The first-order valence-electron chi connectivity index (χ1n) is 7.31. The maximum atomic E-state index is 12.5. The summed E-state index contributed by atoms with van der Waals surface area (Å²) >= 11 is 0. The Kier molecular flexibility index (Phi) is 5.15. The minimum absolute atomic E-state index is 0.0477. The normalized spacial score (nSPS) is 23.8. The molecule has 0 aromatic heterocycles. The Bertz CT molecular complexity index is 433. The summed E-state index contributed by atoms with van der Waals surface area (Å²) in [5, 5.41) is 6.55. The van der Waals surface area contributed by atoms with Crippen molar-refractivity contribution in [1.29, 1.82) is 0 Å². The molecule has 1 aliphatic rings. The highest BCUT2D eigenvalue weighted by Crippen LogP contribution is 2.19. The highest BCUT2D eigenvalue weighted by atomic mass is 16.2. The average Bonchev–Trinajstić information content (AvgIpc) is 2.85. The molecule has 1 amide bonds. The van der Waals surface area contributed by atoms with Crippen molar-refractivity contribution in [2.75, 3.05) is 27.2 Å². The number of nitrogens with one attached hydrogen (secondary N) is 2. The lowest BCUT2D eigenvalue weighted by atomic mass is 9.99. The van der Waals surface area contributed by atoms with Gasteiger partial charge in [-0.2, -0.15) is 0 Å². The van der Waals surface area contributed by atoms with Gasteiger partial charge in [0.1, 0.15) is 0 Å². The van der Waals surface area contributed by atoms with Crippen molar-refractivity contribution in [2.24, 2.45) is 5.92 Å². The number of rotatable bonds is 5. The first-order valence-corrected chi connectivity index (χ1v) is 7.31. The van der Waals surface area contributed by atoms with Crippen molar-refractivity contribution in [3.63, 3.8) is 0 Å². The summed E-state index contributed by atoms with van der Waals surface area (Å²) in [4.78, 5) is 14.6. The van der Waals surface area contributed by atoms with Crippen LogP contribution in [0.2, 0.25) is 0 Å². The molecule has 1 aromatic carbocycles. The molecule has 2 N–H and O–H groups in total. The lowest BCUT2D eigenvalue weighted by Gasteiger charge is -2.25. The quantitative estimate of drug-likeness (QED) is 0.854. The van der Waals surface area contributed by atoms with E-state index in [1.54, 1.807) is 0 Å². The molecule has 4 heteroatoms. The van der Waals surface area contributed by atoms with Crippen molar-refractivity contribution in [3.05, 3.63) is 35.9 Å². The summed E-state index contributed by atoms with van der Waals surface area (Å²) in [7, 11) is 4.06. The highest BCUT2D eigenvalue weighted by Gasteiger charge is 2.30. The maximum absolute atomic E-state index is 12.5. The van der Waals surface area contributed by atoms with Crippen molar-refractivity contribution in [1.82, 2.24) is 15.5 Å². The van der Waals surface area contributed by atoms with Gasteiger partial charge < -0.3 is 15.5 Å². The number of hydrogen-bond donors (Lipinski definition) is 2. The van der Waals surface area contributed by atoms with Crippen LogP contribution in [0.3, 0.4) is 0 Å². The zero-order chi connectivity index (χ0) is 14.5. The summed E-state index contributed by atoms with van der Waals surface area (Å²) < 4.78 is 0. The molecular weight excluding hydrogens is 250 g/mol. The van der Waals surface area contributed by atoms with E-state index in [-0.39, 0.29) is 23.9 Å². The van der Waals surface area contributed by atoms with E-state index < -0.39 is 0 Å². The Morgan fingerprint density at radius 1 is 1.40 bits per heavy atom. The number of carbonyl (C=O) groups is 1. The molecule has 110 valence electrons. The molecule has 2 rings (SSSR count). The lowest BCUT2D eigenvalue weighted by molar-refractivity contribution is -0.126. The first-order chi connectivity index (χ1) is 9.58. The van der Waals surface area contributed by atoms with Gasteiger partial charge in [0.05, 0.1) is 12.0 Å². The second-order valence-electron chi connectivity index (χ2n) is 5.87. The third-order valence-electron chi connectivity index (χ3n) is 3.93. The van der Waals surface area contributed by atoms with Crippen molar-refractivity contribution in [3.8, 4) is 0 Å².